The van der Waals surface area contributed by atoms with Gasteiger partial charge in [-0.15, -0.1) is 0 Å². The first kappa shape index (κ1) is 29.3. The van der Waals surface area contributed by atoms with Gasteiger partial charge in [-0.05, 0) is 75.9 Å². The van der Waals surface area contributed by atoms with Crippen LogP contribution in [-0.2, 0) is 16.1 Å². The quantitative estimate of drug-likeness (QED) is 0.348. The van der Waals surface area contributed by atoms with Crippen molar-refractivity contribution in [3.8, 4) is 22.9 Å². The van der Waals surface area contributed by atoms with Crippen molar-refractivity contribution in [2.75, 3.05) is 25.1 Å². The first-order valence-electron chi connectivity index (χ1n) is 14.5. The van der Waals surface area contributed by atoms with Gasteiger partial charge in [0, 0.05) is 70.8 Å². The molecule has 43 heavy (non-hydrogen) atoms. The maximum Gasteiger partial charge on any atom is 0.338 e. The lowest BCUT2D eigenvalue weighted by atomic mass is 10.0. The second-order valence-corrected chi connectivity index (χ2v) is 14.2. The first-order chi connectivity index (χ1) is 20.5. The van der Waals surface area contributed by atoms with E-state index in [9.17, 15) is 13.4 Å². The number of halogens is 2. The summed E-state index contributed by atoms with van der Waals surface area (Å²) in [5.41, 5.74) is 3.26. The minimum atomic E-state index is -2.17. The lowest BCUT2D eigenvalue weighted by molar-refractivity contribution is 0.188. The molecule has 9 nitrogen and oxygen atoms in total. The predicted molar refractivity (Wildman–Crippen MR) is 163 cm³/mol. The summed E-state index contributed by atoms with van der Waals surface area (Å²) < 4.78 is 57.5. The number of aryl methyl sites for hydroxylation is 2. The van der Waals surface area contributed by atoms with Gasteiger partial charge in [0.2, 0.25) is 0 Å². The van der Waals surface area contributed by atoms with Crippen LogP contribution in [0.25, 0.3) is 17.2 Å². The summed E-state index contributed by atoms with van der Waals surface area (Å²) in [6, 6.07) is 6.57. The normalized spacial score (nSPS) is 21.9. The highest BCUT2D eigenvalue weighted by molar-refractivity contribution is 7.93. The van der Waals surface area contributed by atoms with Gasteiger partial charge in [-0.1, -0.05) is 0 Å². The molecule has 1 fully saturated rings. The molecule has 12 heteroatoms. The van der Waals surface area contributed by atoms with Crippen LogP contribution in [0.4, 0.5) is 8.78 Å². The zero-order valence-electron chi connectivity index (χ0n) is 25.0. The molecule has 1 atom stereocenters. The molecule has 228 valence electrons. The Kier molecular flexibility index (Phi) is 7.54. The Morgan fingerprint density at radius 3 is 2.40 bits per heavy atom. The van der Waals surface area contributed by atoms with Gasteiger partial charge in [0.1, 0.15) is 23.5 Å². The molecule has 0 saturated carbocycles. The van der Waals surface area contributed by atoms with Crippen LogP contribution in [0.1, 0.15) is 53.8 Å². The average Bonchev–Trinajstić information content (AvgIpc) is 3.56. The number of hydrogen-bond acceptors (Lipinski definition) is 6. The number of imidazole rings is 1. The van der Waals surface area contributed by atoms with Crippen LogP contribution < -0.4 is 15.7 Å². The Bertz CT molecular complexity index is 1880. The fourth-order valence-electron chi connectivity index (χ4n) is 6.11. The highest BCUT2D eigenvalue weighted by Crippen LogP contribution is 2.32. The van der Waals surface area contributed by atoms with Crippen LogP contribution in [0.15, 0.2) is 45.8 Å². The van der Waals surface area contributed by atoms with Gasteiger partial charge in [-0.3, -0.25) is 9.13 Å². The number of benzene rings is 2. The topological polar surface area (TPSA) is 95.4 Å². The number of nitrogens with one attached hydrogen (secondary N) is 1. The standard InChI is InChI=1S/C31H36F2N6O3S/c1-18-16-22(17-19(2)28(18)32)39-30(27-21(4)35-11-8-24(27)36-39)38-13-12-37(31(38)40)25-6-7-26(20(3)29(25)33)42-23-9-14-43(41,34-5)15-10-23/h6-7,12-13,16-17,21,23,35H,8-11,14-15H2,1-5H3/t21-,23?,43?/m0/s1. The van der Waals surface area contributed by atoms with Crippen molar-refractivity contribution >= 4 is 9.73 Å². The van der Waals surface area contributed by atoms with E-state index in [2.05, 4.69) is 9.68 Å². The van der Waals surface area contributed by atoms with Crippen LogP contribution in [0.2, 0.25) is 0 Å². The van der Waals surface area contributed by atoms with Gasteiger partial charge in [0.05, 0.1) is 17.1 Å². The number of hydrogen-bond donors (Lipinski definition) is 1. The summed E-state index contributed by atoms with van der Waals surface area (Å²) >= 11 is 0. The molecule has 0 aliphatic carbocycles. The van der Waals surface area contributed by atoms with E-state index in [4.69, 9.17) is 9.84 Å². The van der Waals surface area contributed by atoms with E-state index in [0.29, 0.717) is 64.7 Å². The molecule has 2 aromatic carbocycles. The van der Waals surface area contributed by atoms with Crippen LogP contribution in [0, 0.1) is 32.4 Å². The number of fused-ring (bicyclic) bond motifs is 1. The van der Waals surface area contributed by atoms with Crippen LogP contribution in [0.3, 0.4) is 0 Å². The molecule has 0 amide bonds. The molecule has 1 saturated heterocycles. The largest absolute Gasteiger partial charge is 0.490 e. The van der Waals surface area contributed by atoms with E-state index in [-0.39, 0.29) is 23.7 Å². The monoisotopic (exact) mass is 610 g/mol. The van der Waals surface area contributed by atoms with Crippen molar-refractivity contribution in [1.82, 2.24) is 24.2 Å². The maximum absolute atomic E-state index is 15.8. The maximum atomic E-state index is 15.8. The molecule has 4 heterocycles. The van der Waals surface area contributed by atoms with Gasteiger partial charge >= 0.3 is 5.69 Å². The van der Waals surface area contributed by atoms with Crippen LogP contribution in [-0.4, -0.2) is 54.3 Å². The average molecular weight is 611 g/mol. The van der Waals surface area contributed by atoms with Gasteiger partial charge in [-0.25, -0.2) is 26.8 Å². The van der Waals surface area contributed by atoms with Crippen molar-refractivity contribution < 1.29 is 17.7 Å². The Balaban J connectivity index is 1.39. The van der Waals surface area contributed by atoms with E-state index in [1.165, 1.54) is 9.13 Å². The molecular formula is C31H36F2N6O3S. The molecule has 0 radical (unpaired) electrons. The van der Waals surface area contributed by atoms with Crippen molar-refractivity contribution in [3.63, 3.8) is 0 Å². The van der Waals surface area contributed by atoms with Crippen molar-refractivity contribution in [1.29, 1.82) is 0 Å². The third-order valence-corrected chi connectivity index (χ3v) is 11.0. The highest BCUT2D eigenvalue weighted by atomic mass is 32.2. The fourth-order valence-corrected chi connectivity index (χ4v) is 7.94. The lowest BCUT2D eigenvalue weighted by Crippen LogP contribution is -2.31. The smallest absolute Gasteiger partial charge is 0.338 e. The first-order valence-corrected chi connectivity index (χ1v) is 16.4. The van der Waals surface area contributed by atoms with E-state index in [1.54, 1.807) is 69.2 Å². The SMILES string of the molecule is CN=S1(=O)CCC(Oc2ccc(-n3ccn(-c4c5c(nn4-c4cc(C)c(F)c(C)c4)CCN[C@H]5C)c3=O)c(F)c2C)CC1. The zero-order valence-corrected chi connectivity index (χ0v) is 25.8. The van der Waals surface area contributed by atoms with Crippen molar-refractivity contribution in [2.45, 2.75) is 59.1 Å². The predicted octanol–water partition coefficient (Wildman–Crippen LogP) is 4.86. The molecule has 2 aliphatic rings. The van der Waals surface area contributed by atoms with Gasteiger partial charge in [-0.2, -0.15) is 5.10 Å². The number of nitrogens with zero attached hydrogens (tertiary/aromatic N) is 5. The lowest BCUT2D eigenvalue weighted by Gasteiger charge is -2.26. The molecule has 6 rings (SSSR count). The zero-order chi connectivity index (χ0) is 30.6. The molecule has 2 aromatic heterocycles. The highest BCUT2D eigenvalue weighted by Gasteiger charge is 2.30. The van der Waals surface area contributed by atoms with E-state index >= 15 is 4.39 Å². The minimum Gasteiger partial charge on any atom is -0.490 e. The molecule has 1 N–H and O–H groups in total. The molecule has 4 aromatic rings. The Morgan fingerprint density at radius 2 is 1.72 bits per heavy atom. The van der Waals surface area contributed by atoms with Crippen LogP contribution in [0.5, 0.6) is 5.75 Å². The van der Waals surface area contributed by atoms with Gasteiger partial charge in [0.25, 0.3) is 0 Å². The van der Waals surface area contributed by atoms with Gasteiger partial charge in [0.15, 0.2) is 5.82 Å². The molecule has 2 aliphatic heterocycles. The third kappa shape index (κ3) is 5.10. The summed E-state index contributed by atoms with van der Waals surface area (Å²) in [6.07, 6.45) is 4.82. The second kappa shape index (κ2) is 11.1. The Hall–Kier alpha value is -3.77. The fraction of sp³-hybridized carbons (Fsp3) is 0.419. The van der Waals surface area contributed by atoms with E-state index < -0.39 is 21.2 Å². The van der Waals surface area contributed by atoms with E-state index in [1.807, 2.05) is 6.92 Å². The molecule has 0 spiro atoms. The summed E-state index contributed by atoms with van der Waals surface area (Å²) in [6.45, 7) is 7.79. The molecule has 0 unspecified atom stereocenters. The summed E-state index contributed by atoms with van der Waals surface area (Å²) in [5.74, 6) is 1.02. The summed E-state index contributed by atoms with van der Waals surface area (Å²) in [5, 5.41) is 8.30. The minimum absolute atomic E-state index is 0.0834. The number of ether oxygens (including phenoxy) is 1. The molecule has 0 bridgehead atoms. The summed E-state index contributed by atoms with van der Waals surface area (Å²) in [4.78, 5) is 14.0. The second-order valence-electron chi connectivity index (χ2n) is 11.4. The number of aromatic nitrogens is 4. The van der Waals surface area contributed by atoms with Gasteiger partial charge < -0.3 is 10.1 Å². The van der Waals surface area contributed by atoms with Crippen molar-refractivity contribution in [3.05, 3.63) is 86.7 Å². The Morgan fingerprint density at radius 1 is 1.05 bits per heavy atom. The van der Waals surface area contributed by atoms with Crippen LogP contribution >= 0.6 is 0 Å². The van der Waals surface area contributed by atoms with E-state index in [0.717, 1.165) is 17.8 Å². The third-order valence-electron chi connectivity index (χ3n) is 8.61. The molecular weight excluding hydrogens is 574 g/mol. The van der Waals surface area contributed by atoms with Crippen molar-refractivity contribution in [2.24, 2.45) is 4.36 Å². The Labute approximate surface area is 249 Å². The summed E-state index contributed by atoms with van der Waals surface area (Å²) in [7, 11) is -0.583. The number of rotatable bonds is 5.